The number of carbonyl (C=O) groups is 1. The Balaban J connectivity index is 1.65. The second kappa shape index (κ2) is 8.69. The fraction of sp³-hybridized carbons (Fsp3) is 0.375. The smallest absolute Gasteiger partial charge is 0.306 e. The van der Waals surface area contributed by atoms with Gasteiger partial charge in [-0.05, 0) is 62.4 Å². The van der Waals surface area contributed by atoms with Crippen molar-refractivity contribution in [2.75, 3.05) is 24.6 Å². The van der Waals surface area contributed by atoms with Crippen LogP contribution in [-0.2, 0) is 9.53 Å². The number of carbonyl (C=O) groups excluding carboxylic acids is 1. The molecule has 2 heterocycles. The maximum atomic E-state index is 11.8. The van der Waals surface area contributed by atoms with Crippen molar-refractivity contribution in [1.29, 1.82) is 0 Å². The number of ether oxygens (including phenoxy) is 1. The van der Waals surface area contributed by atoms with Gasteiger partial charge in [0.2, 0.25) is 0 Å². The molecule has 1 aliphatic rings. The van der Waals surface area contributed by atoms with E-state index in [4.69, 9.17) is 14.7 Å². The second-order valence-electron chi connectivity index (χ2n) is 7.85. The summed E-state index contributed by atoms with van der Waals surface area (Å²) in [5.41, 5.74) is 2.62. The van der Waals surface area contributed by atoms with E-state index in [-0.39, 0.29) is 11.7 Å². The number of benzene rings is 2. The Bertz CT molecular complexity index is 1060. The molecule has 1 aromatic heterocycles. The van der Waals surface area contributed by atoms with E-state index in [2.05, 4.69) is 23.1 Å². The Kier molecular flexibility index (Phi) is 5.84. The molecule has 6 nitrogen and oxygen atoms in total. The van der Waals surface area contributed by atoms with E-state index in [0.29, 0.717) is 30.3 Å². The quantitative estimate of drug-likeness (QED) is 0.631. The van der Waals surface area contributed by atoms with Gasteiger partial charge in [0.25, 0.3) is 0 Å². The second-order valence-corrected chi connectivity index (χ2v) is 7.85. The van der Waals surface area contributed by atoms with Gasteiger partial charge in [0.15, 0.2) is 5.82 Å². The van der Waals surface area contributed by atoms with E-state index in [9.17, 15) is 9.90 Å². The average Bonchev–Trinajstić information content (AvgIpc) is 2.74. The van der Waals surface area contributed by atoms with Crippen molar-refractivity contribution in [2.24, 2.45) is 5.92 Å². The third-order valence-corrected chi connectivity index (χ3v) is 5.65. The summed E-state index contributed by atoms with van der Waals surface area (Å²) in [7, 11) is 0. The van der Waals surface area contributed by atoms with E-state index in [1.165, 1.54) is 0 Å². The van der Waals surface area contributed by atoms with Gasteiger partial charge in [-0.15, -0.1) is 0 Å². The summed E-state index contributed by atoms with van der Waals surface area (Å²) >= 11 is 0. The Hall–Kier alpha value is -3.15. The molecular weight excluding hydrogens is 378 g/mol. The number of phenolic OH excluding ortho intramolecular Hbond substituents is 1. The van der Waals surface area contributed by atoms with Crippen LogP contribution in [0, 0.1) is 12.8 Å². The summed E-state index contributed by atoms with van der Waals surface area (Å²) in [6.07, 6.45) is 2.32. The molecule has 0 atom stereocenters. The molecule has 0 saturated carbocycles. The highest BCUT2D eigenvalue weighted by Gasteiger charge is 2.25. The first kappa shape index (κ1) is 20.1. The highest BCUT2D eigenvalue weighted by Crippen LogP contribution is 2.34. The van der Waals surface area contributed by atoms with Crippen molar-refractivity contribution in [2.45, 2.75) is 33.1 Å². The number of aryl methyl sites for hydroxylation is 1. The molecular formula is C24H27N3O3. The molecule has 0 radical (unpaired) electrons. The largest absolute Gasteiger partial charge is 0.507 e. The molecule has 4 rings (SSSR count). The van der Waals surface area contributed by atoms with Crippen LogP contribution < -0.4 is 4.90 Å². The molecule has 1 N–H and O–H groups in total. The molecule has 1 saturated heterocycles. The standard InChI is InChI=1S/C24H27N3O3/c1-3-30-22(29)15-17-10-12-27(13-11-17)24-18-9-8-16(2)14-20(18)25-23(26-24)19-6-4-5-7-21(19)28/h4-9,14,17,28H,3,10-13,15H2,1-2H3. The van der Waals surface area contributed by atoms with Gasteiger partial charge in [-0.2, -0.15) is 0 Å². The van der Waals surface area contributed by atoms with Crippen LogP contribution in [0.3, 0.4) is 0 Å². The molecule has 0 unspecified atom stereocenters. The van der Waals surface area contributed by atoms with Gasteiger partial charge in [-0.25, -0.2) is 9.97 Å². The summed E-state index contributed by atoms with van der Waals surface area (Å²) in [6.45, 7) is 5.96. The minimum Gasteiger partial charge on any atom is -0.507 e. The zero-order valence-electron chi connectivity index (χ0n) is 17.5. The number of phenols is 1. The number of rotatable bonds is 5. The number of aromatic hydroxyl groups is 1. The monoisotopic (exact) mass is 405 g/mol. The summed E-state index contributed by atoms with van der Waals surface area (Å²) in [5.74, 6) is 1.81. The van der Waals surface area contributed by atoms with Crippen molar-refractivity contribution < 1.29 is 14.6 Å². The summed E-state index contributed by atoms with van der Waals surface area (Å²) in [6, 6.07) is 13.3. The lowest BCUT2D eigenvalue weighted by Gasteiger charge is -2.33. The van der Waals surface area contributed by atoms with Crippen molar-refractivity contribution in [1.82, 2.24) is 9.97 Å². The number of para-hydroxylation sites is 1. The lowest BCUT2D eigenvalue weighted by atomic mass is 9.93. The molecule has 30 heavy (non-hydrogen) atoms. The zero-order chi connectivity index (χ0) is 21.1. The first-order valence-electron chi connectivity index (χ1n) is 10.5. The third kappa shape index (κ3) is 4.22. The highest BCUT2D eigenvalue weighted by molar-refractivity contribution is 5.92. The number of hydrogen-bond donors (Lipinski definition) is 1. The van der Waals surface area contributed by atoms with Crippen LogP contribution in [0.5, 0.6) is 5.75 Å². The molecule has 0 spiro atoms. The van der Waals surface area contributed by atoms with Gasteiger partial charge in [0, 0.05) is 24.9 Å². The Morgan fingerprint density at radius 3 is 2.67 bits per heavy atom. The number of hydrogen-bond acceptors (Lipinski definition) is 6. The fourth-order valence-corrected chi connectivity index (χ4v) is 4.05. The van der Waals surface area contributed by atoms with Crippen LogP contribution in [0.2, 0.25) is 0 Å². The minimum absolute atomic E-state index is 0.110. The number of esters is 1. The molecule has 1 fully saturated rings. The van der Waals surface area contributed by atoms with Crippen LogP contribution in [0.1, 0.15) is 31.7 Å². The summed E-state index contributed by atoms with van der Waals surface area (Å²) in [4.78, 5) is 23.7. The Morgan fingerprint density at radius 2 is 1.93 bits per heavy atom. The van der Waals surface area contributed by atoms with Gasteiger partial charge >= 0.3 is 5.97 Å². The molecule has 1 aliphatic heterocycles. The van der Waals surface area contributed by atoms with Crippen molar-refractivity contribution >= 4 is 22.7 Å². The maximum absolute atomic E-state index is 11.8. The number of nitrogens with zero attached hydrogens (tertiary/aromatic N) is 3. The van der Waals surface area contributed by atoms with E-state index in [1.807, 2.05) is 26.0 Å². The van der Waals surface area contributed by atoms with E-state index in [1.54, 1.807) is 12.1 Å². The molecule has 0 aliphatic carbocycles. The molecule has 156 valence electrons. The molecule has 0 amide bonds. The first-order valence-corrected chi connectivity index (χ1v) is 10.5. The van der Waals surface area contributed by atoms with Crippen LogP contribution >= 0.6 is 0 Å². The van der Waals surface area contributed by atoms with Crippen LogP contribution in [0.15, 0.2) is 42.5 Å². The molecule has 3 aromatic rings. The third-order valence-electron chi connectivity index (χ3n) is 5.65. The van der Waals surface area contributed by atoms with Crippen LogP contribution in [0.4, 0.5) is 5.82 Å². The van der Waals surface area contributed by atoms with E-state index >= 15 is 0 Å². The number of aromatic nitrogens is 2. The van der Waals surface area contributed by atoms with Crippen molar-refractivity contribution in [3.63, 3.8) is 0 Å². The normalized spacial score (nSPS) is 14.8. The topological polar surface area (TPSA) is 75.5 Å². The zero-order valence-corrected chi connectivity index (χ0v) is 17.5. The van der Waals surface area contributed by atoms with Gasteiger partial charge in [0.05, 0.1) is 17.7 Å². The van der Waals surface area contributed by atoms with Gasteiger partial charge in [-0.1, -0.05) is 18.2 Å². The Labute approximate surface area is 176 Å². The minimum atomic E-state index is -0.110. The molecule has 6 heteroatoms. The summed E-state index contributed by atoms with van der Waals surface area (Å²) in [5, 5.41) is 11.3. The molecule has 2 aromatic carbocycles. The average molecular weight is 405 g/mol. The highest BCUT2D eigenvalue weighted by atomic mass is 16.5. The number of anilines is 1. The molecule has 0 bridgehead atoms. The van der Waals surface area contributed by atoms with Crippen molar-refractivity contribution in [3.8, 4) is 17.1 Å². The lowest BCUT2D eigenvalue weighted by Crippen LogP contribution is -2.35. The SMILES string of the molecule is CCOC(=O)CC1CCN(c2nc(-c3ccccc3O)nc3cc(C)ccc23)CC1. The summed E-state index contributed by atoms with van der Waals surface area (Å²) < 4.78 is 5.10. The van der Waals surface area contributed by atoms with E-state index < -0.39 is 0 Å². The van der Waals surface area contributed by atoms with E-state index in [0.717, 1.165) is 48.2 Å². The Morgan fingerprint density at radius 1 is 1.17 bits per heavy atom. The first-order chi connectivity index (χ1) is 14.5. The fourth-order valence-electron chi connectivity index (χ4n) is 4.05. The number of piperidine rings is 1. The van der Waals surface area contributed by atoms with Crippen LogP contribution in [0.25, 0.3) is 22.3 Å². The van der Waals surface area contributed by atoms with Gasteiger partial charge in [0.1, 0.15) is 11.6 Å². The van der Waals surface area contributed by atoms with Gasteiger partial charge in [-0.3, -0.25) is 4.79 Å². The maximum Gasteiger partial charge on any atom is 0.306 e. The van der Waals surface area contributed by atoms with Crippen LogP contribution in [-0.4, -0.2) is 40.7 Å². The van der Waals surface area contributed by atoms with Gasteiger partial charge < -0.3 is 14.7 Å². The lowest BCUT2D eigenvalue weighted by molar-refractivity contribution is -0.144. The van der Waals surface area contributed by atoms with Crippen molar-refractivity contribution in [3.05, 3.63) is 48.0 Å². The predicted molar refractivity (Wildman–Crippen MR) is 118 cm³/mol. The number of fused-ring (bicyclic) bond motifs is 1. The predicted octanol–water partition coefficient (Wildman–Crippen LogP) is 4.48.